The van der Waals surface area contributed by atoms with Gasteiger partial charge in [-0.2, -0.15) is 0 Å². The number of furan rings is 1. The predicted molar refractivity (Wildman–Crippen MR) is 103 cm³/mol. The largest absolute Gasteiger partial charge is 0.463 e. The van der Waals surface area contributed by atoms with Crippen LogP contribution in [0.25, 0.3) is 11.0 Å². The number of rotatable bonds is 4. The number of fused-ring (bicyclic) bond motifs is 1. The molecule has 1 aliphatic heterocycles. The molecule has 8 nitrogen and oxygen atoms in total. The Balaban J connectivity index is 0.00000261. The van der Waals surface area contributed by atoms with Crippen molar-refractivity contribution in [2.75, 3.05) is 31.8 Å². The number of ether oxygens (including phenoxy) is 1. The Morgan fingerprint density at radius 1 is 1.22 bits per heavy atom. The molecule has 0 unspecified atom stereocenters. The van der Waals surface area contributed by atoms with Crippen LogP contribution in [0.2, 0.25) is 0 Å². The van der Waals surface area contributed by atoms with E-state index >= 15 is 0 Å². The molecular formula is C17H21ClN2O6S. The van der Waals surface area contributed by atoms with Crippen LogP contribution in [0.15, 0.2) is 28.7 Å². The molecule has 1 saturated heterocycles. The minimum Gasteiger partial charge on any atom is -0.463 e. The summed E-state index contributed by atoms with van der Waals surface area (Å²) < 4.78 is 33.2. The summed E-state index contributed by atoms with van der Waals surface area (Å²) in [5.74, 6) is -1.09. The Labute approximate surface area is 163 Å². The molecule has 0 radical (unpaired) electrons. The minimum atomic E-state index is -3.59. The molecule has 3 rings (SSSR count). The van der Waals surface area contributed by atoms with Crippen LogP contribution in [-0.4, -0.2) is 51.5 Å². The van der Waals surface area contributed by atoms with E-state index in [0.717, 1.165) is 6.26 Å². The van der Waals surface area contributed by atoms with E-state index in [-0.39, 0.29) is 31.0 Å². The standard InChI is InChI=1S/C17H20N2O6S.ClH/c1-24-15(20)14-10-11-9-12(3-4-13(11)25-14)19-16(21)17(26(2,22)23)5-7-18-8-6-17;/h3-4,9-10,18H,5-8H2,1-2H3,(H,19,21);1H. The van der Waals surface area contributed by atoms with E-state index in [9.17, 15) is 18.0 Å². The second kappa shape index (κ2) is 7.87. The van der Waals surface area contributed by atoms with E-state index in [4.69, 9.17) is 4.42 Å². The third-order valence-corrected chi connectivity index (χ3v) is 6.71. The van der Waals surface area contributed by atoms with Gasteiger partial charge in [0.05, 0.1) is 7.11 Å². The number of halogens is 1. The maximum absolute atomic E-state index is 12.8. The highest BCUT2D eigenvalue weighted by atomic mass is 35.5. The lowest BCUT2D eigenvalue weighted by Gasteiger charge is -2.34. The van der Waals surface area contributed by atoms with Crippen molar-refractivity contribution in [2.45, 2.75) is 17.6 Å². The fourth-order valence-corrected chi connectivity index (χ4v) is 4.50. The van der Waals surface area contributed by atoms with Gasteiger partial charge in [-0.15, -0.1) is 12.4 Å². The monoisotopic (exact) mass is 416 g/mol. The molecule has 0 bridgehead atoms. The predicted octanol–water partition coefficient (Wildman–Crippen LogP) is 1.75. The molecule has 1 amide bonds. The van der Waals surface area contributed by atoms with Crippen LogP contribution < -0.4 is 10.6 Å². The van der Waals surface area contributed by atoms with Crippen LogP contribution in [0.3, 0.4) is 0 Å². The van der Waals surface area contributed by atoms with Crippen molar-refractivity contribution in [2.24, 2.45) is 0 Å². The topological polar surface area (TPSA) is 115 Å². The van der Waals surface area contributed by atoms with Crippen molar-refractivity contribution in [1.29, 1.82) is 0 Å². The first-order chi connectivity index (χ1) is 12.3. The number of benzene rings is 1. The number of esters is 1. The number of methoxy groups -OCH3 is 1. The van der Waals surface area contributed by atoms with Gasteiger partial charge in [0.25, 0.3) is 0 Å². The van der Waals surface area contributed by atoms with Crippen molar-refractivity contribution in [3.05, 3.63) is 30.0 Å². The molecule has 2 N–H and O–H groups in total. The third-order valence-electron chi connectivity index (χ3n) is 4.70. The molecular weight excluding hydrogens is 396 g/mol. The molecule has 0 atom stereocenters. The van der Waals surface area contributed by atoms with Crippen molar-refractivity contribution in [3.8, 4) is 0 Å². The quantitative estimate of drug-likeness (QED) is 0.729. The molecule has 1 fully saturated rings. The zero-order valence-electron chi connectivity index (χ0n) is 14.9. The average molecular weight is 417 g/mol. The van der Waals surface area contributed by atoms with Gasteiger partial charge in [0.2, 0.25) is 11.7 Å². The van der Waals surface area contributed by atoms with Crippen LogP contribution in [0, 0.1) is 0 Å². The maximum atomic E-state index is 12.8. The number of amides is 1. The summed E-state index contributed by atoms with van der Waals surface area (Å²) in [6.07, 6.45) is 1.54. The Hall–Kier alpha value is -2.10. The number of hydrogen-bond acceptors (Lipinski definition) is 7. The molecule has 2 heterocycles. The number of carbonyl (C=O) groups is 2. The lowest BCUT2D eigenvalue weighted by Crippen LogP contribution is -2.55. The van der Waals surface area contributed by atoms with Gasteiger partial charge in [0.15, 0.2) is 14.6 Å². The Kier molecular flexibility index (Phi) is 6.18. The van der Waals surface area contributed by atoms with Gasteiger partial charge >= 0.3 is 5.97 Å². The highest BCUT2D eigenvalue weighted by molar-refractivity contribution is 7.92. The lowest BCUT2D eigenvalue weighted by molar-refractivity contribution is -0.119. The van der Waals surface area contributed by atoms with Crippen molar-refractivity contribution >= 4 is 50.8 Å². The molecule has 0 aliphatic carbocycles. The van der Waals surface area contributed by atoms with Crippen molar-refractivity contribution in [1.82, 2.24) is 5.32 Å². The zero-order valence-corrected chi connectivity index (χ0v) is 16.5. The molecule has 1 aliphatic rings. The molecule has 0 saturated carbocycles. The first kappa shape index (κ1) is 21.2. The number of anilines is 1. The second-order valence-electron chi connectivity index (χ2n) is 6.33. The Bertz CT molecular complexity index is 963. The summed E-state index contributed by atoms with van der Waals surface area (Å²) >= 11 is 0. The van der Waals surface area contributed by atoms with Crippen LogP contribution >= 0.6 is 12.4 Å². The van der Waals surface area contributed by atoms with Gasteiger partial charge in [-0.25, -0.2) is 13.2 Å². The first-order valence-corrected chi connectivity index (χ1v) is 10.00. The molecule has 10 heteroatoms. The fourth-order valence-electron chi connectivity index (χ4n) is 3.16. The van der Waals surface area contributed by atoms with E-state index in [1.807, 2.05) is 0 Å². The number of nitrogens with one attached hydrogen (secondary N) is 2. The van der Waals surface area contributed by atoms with Crippen molar-refractivity contribution < 1.29 is 27.2 Å². The van der Waals surface area contributed by atoms with Crippen LogP contribution in [0.1, 0.15) is 23.4 Å². The maximum Gasteiger partial charge on any atom is 0.373 e. The van der Waals surface area contributed by atoms with Gasteiger partial charge < -0.3 is 19.8 Å². The summed E-state index contributed by atoms with van der Waals surface area (Å²) in [7, 11) is -2.34. The first-order valence-electron chi connectivity index (χ1n) is 8.10. The second-order valence-corrected chi connectivity index (χ2v) is 8.65. The van der Waals surface area contributed by atoms with Gasteiger partial charge in [-0.05, 0) is 50.2 Å². The van der Waals surface area contributed by atoms with Gasteiger partial charge in [-0.1, -0.05) is 0 Å². The third kappa shape index (κ3) is 3.95. The zero-order chi connectivity index (χ0) is 18.9. The summed E-state index contributed by atoms with van der Waals surface area (Å²) in [5.41, 5.74) is 0.893. The smallest absolute Gasteiger partial charge is 0.373 e. The highest BCUT2D eigenvalue weighted by Crippen LogP contribution is 2.30. The summed E-state index contributed by atoms with van der Waals surface area (Å²) in [6, 6.07) is 6.34. The minimum absolute atomic E-state index is 0. The molecule has 2 aromatic rings. The van der Waals surface area contributed by atoms with Gasteiger partial charge in [0, 0.05) is 17.3 Å². The van der Waals surface area contributed by atoms with Gasteiger partial charge in [0.1, 0.15) is 5.58 Å². The number of hydrogen-bond donors (Lipinski definition) is 2. The molecule has 0 spiro atoms. The van der Waals surface area contributed by atoms with E-state index in [1.54, 1.807) is 18.2 Å². The van der Waals surface area contributed by atoms with Crippen molar-refractivity contribution in [3.63, 3.8) is 0 Å². The average Bonchev–Trinajstić information content (AvgIpc) is 3.04. The normalized spacial score (nSPS) is 16.4. The fraction of sp³-hybridized carbons (Fsp3) is 0.412. The van der Waals surface area contributed by atoms with Crippen LogP contribution in [-0.2, 0) is 19.4 Å². The SMILES string of the molecule is COC(=O)c1cc2cc(NC(=O)C3(S(C)(=O)=O)CCNCC3)ccc2o1.Cl. The number of sulfone groups is 1. The molecule has 27 heavy (non-hydrogen) atoms. The van der Waals surface area contributed by atoms with E-state index in [0.29, 0.717) is 29.7 Å². The molecule has 1 aromatic heterocycles. The van der Waals surface area contributed by atoms with E-state index in [2.05, 4.69) is 15.4 Å². The van der Waals surface area contributed by atoms with E-state index in [1.165, 1.54) is 13.2 Å². The summed E-state index contributed by atoms with van der Waals surface area (Å²) in [4.78, 5) is 24.4. The molecule has 148 valence electrons. The lowest BCUT2D eigenvalue weighted by atomic mass is 9.95. The van der Waals surface area contributed by atoms with Gasteiger partial charge in [-0.3, -0.25) is 4.79 Å². The summed E-state index contributed by atoms with van der Waals surface area (Å²) in [5, 5.41) is 6.37. The van der Waals surface area contributed by atoms with Crippen LogP contribution in [0.4, 0.5) is 5.69 Å². The molecule has 1 aromatic carbocycles. The van der Waals surface area contributed by atoms with Crippen LogP contribution in [0.5, 0.6) is 0 Å². The Morgan fingerprint density at radius 2 is 1.89 bits per heavy atom. The number of piperidine rings is 1. The highest BCUT2D eigenvalue weighted by Gasteiger charge is 2.48. The Morgan fingerprint density at radius 3 is 2.48 bits per heavy atom. The van der Waals surface area contributed by atoms with E-state index < -0.39 is 26.5 Å². The number of carbonyl (C=O) groups excluding carboxylic acids is 2. The summed E-state index contributed by atoms with van der Waals surface area (Å²) in [6.45, 7) is 0.924.